The molecule has 0 N–H and O–H groups in total. The van der Waals surface area contributed by atoms with Gasteiger partial charge in [-0.15, -0.1) is 0 Å². The number of alkyl halides is 9. The average molecular weight is 304 g/mol. The number of carbonyl (C=O) groups is 1. The van der Waals surface area contributed by atoms with Gasteiger partial charge in [-0.3, -0.25) is 0 Å². The Balaban J connectivity index is 5.84. The fraction of sp³-hybridized carbons (Fsp3) is 0.625. The minimum atomic E-state index is -6.98. The standard InChI is InChI=1S/C8H5F9O2/c1-3(2)4(18)19-6(11,8(15,16)17)5(9,10)7(12,13)14/h1H2,2H3. The molecule has 0 rings (SSSR count). The fourth-order valence-electron chi connectivity index (χ4n) is 0.697. The second kappa shape index (κ2) is 4.60. The summed E-state index contributed by atoms with van der Waals surface area (Å²) in [5.74, 6) is -15.9. The van der Waals surface area contributed by atoms with E-state index < -0.39 is 35.7 Å². The van der Waals surface area contributed by atoms with Gasteiger partial charge in [0.2, 0.25) is 0 Å². The smallest absolute Gasteiger partial charge is 0.411 e. The van der Waals surface area contributed by atoms with Gasteiger partial charge in [-0.25, -0.2) is 4.79 Å². The van der Waals surface area contributed by atoms with Gasteiger partial charge in [-0.1, -0.05) is 6.58 Å². The maximum Gasteiger partial charge on any atom is 0.467 e. The lowest BCUT2D eigenvalue weighted by atomic mass is 10.1. The maximum atomic E-state index is 13.1. The summed E-state index contributed by atoms with van der Waals surface area (Å²) < 4.78 is 113. The largest absolute Gasteiger partial charge is 0.467 e. The molecule has 1 atom stereocenters. The highest BCUT2D eigenvalue weighted by Gasteiger charge is 2.84. The number of hydrogen-bond donors (Lipinski definition) is 0. The van der Waals surface area contributed by atoms with Crippen LogP contribution in [-0.2, 0) is 9.53 Å². The van der Waals surface area contributed by atoms with Crippen LogP contribution in [0.5, 0.6) is 0 Å². The van der Waals surface area contributed by atoms with Gasteiger partial charge in [-0.05, 0) is 6.92 Å². The highest BCUT2D eigenvalue weighted by atomic mass is 19.4. The molecule has 11 heteroatoms. The van der Waals surface area contributed by atoms with Crippen molar-refractivity contribution in [3.63, 3.8) is 0 Å². The normalized spacial score (nSPS) is 16.7. The summed E-state index contributed by atoms with van der Waals surface area (Å²) in [6.45, 7) is 3.26. The summed E-state index contributed by atoms with van der Waals surface area (Å²) in [6, 6.07) is 0. The van der Waals surface area contributed by atoms with Crippen molar-refractivity contribution in [1.29, 1.82) is 0 Å². The van der Waals surface area contributed by atoms with Crippen molar-refractivity contribution in [2.75, 3.05) is 0 Å². The van der Waals surface area contributed by atoms with Gasteiger partial charge >= 0.3 is 30.1 Å². The lowest BCUT2D eigenvalue weighted by Gasteiger charge is -2.34. The highest BCUT2D eigenvalue weighted by molar-refractivity contribution is 5.87. The molecule has 0 saturated carbocycles. The first-order valence-electron chi connectivity index (χ1n) is 4.17. The van der Waals surface area contributed by atoms with E-state index >= 15 is 0 Å². The van der Waals surface area contributed by atoms with Gasteiger partial charge in [0.1, 0.15) is 0 Å². The molecule has 0 aromatic rings. The van der Waals surface area contributed by atoms with Gasteiger partial charge in [0, 0.05) is 5.57 Å². The molecule has 112 valence electrons. The maximum absolute atomic E-state index is 13.1. The molecule has 0 spiro atoms. The van der Waals surface area contributed by atoms with Crippen LogP contribution in [-0.4, -0.2) is 30.1 Å². The topological polar surface area (TPSA) is 26.3 Å². The Labute approximate surface area is 99.4 Å². The zero-order valence-corrected chi connectivity index (χ0v) is 8.93. The monoisotopic (exact) mass is 304 g/mol. The molecule has 0 aliphatic carbocycles. The minimum absolute atomic E-state index is 0.630. The van der Waals surface area contributed by atoms with Gasteiger partial charge in [0.05, 0.1) is 0 Å². The lowest BCUT2D eigenvalue weighted by molar-refractivity contribution is -0.440. The molecule has 0 fully saturated rings. The molecule has 1 unspecified atom stereocenters. The van der Waals surface area contributed by atoms with Crippen LogP contribution in [0.1, 0.15) is 6.92 Å². The number of hydrogen-bond acceptors (Lipinski definition) is 2. The number of ether oxygens (including phenoxy) is 1. The minimum Gasteiger partial charge on any atom is -0.411 e. The Bertz CT molecular complexity index is 381. The SMILES string of the molecule is C=C(C)C(=O)OC(F)(C(F)(F)F)C(F)(F)C(F)(F)F. The van der Waals surface area contributed by atoms with Gasteiger partial charge in [0.25, 0.3) is 0 Å². The van der Waals surface area contributed by atoms with Crippen LogP contribution in [0, 0.1) is 0 Å². The second-order valence-electron chi connectivity index (χ2n) is 3.34. The van der Waals surface area contributed by atoms with Crippen LogP contribution in [0.25, 0.3) is 0 Å². The first kappa shape index (κ1) is 17.6. The third kappa shape index (κ3) is 2.95. The second-order valence-corrected chi connectivity index (χ2v) is 3.34. The number of carbonyl (C=O) groups excluding carboxylic acids is 1. The van der Waals surface area contributed by atoms with E-state index in [2.05, 4.69) is 11.3 Å². The van der Waals surface area contributed by atoms with E-state index in [4.69, 9.17) is 0 Å². The molecule has 0 aromatic heterocycles. The van der Waals surface area contributed by atoms with Crippen molar-refractivity contribution < 1.29 is 49.0 Å². The van der Waals surface area contributed by atoms with Crippen LogP contribution < -0.4 is 0 Å². The molecule has 0 saturated heterocycles. The van der Waals surface area contributed by atoms with E-state index in [-0.39, 0.29) is 0 Å². The van der Waals surface area contributed by atoms with Crippen LogP contribution in [0.3, 0.4) is 0 Å². The Kier molecular flexibility index (Phi) is 4.26. The van der Waals surface area contributed by atoms with Crippen molar-refractivity contribution >= 4 is 5.97 Å². The third-order valence-electron chi connectivity index (χ3n) is 1.71. The van der Waals surface area contributed by atoms with E-state index in [0.717, 1.165) is 0 Å². The molecular formula is C8H5F9O2. The first-order chi connectivity index (χ1) is 8.08. The molecule has 0 aliphatic heterocycles. The molecule has 0 aliphatic rings. The molecule has 0 heterocycles. The summed E-state index contributed by atoms with van der Waals surface area (Å²) in [7, 11) is 0. The number of esters is 1. The molecule has 19 heavy (non-hydrogen) atoms. The van der Waals surface area contributed by atoms with E-state index in [0.29, 0.717) is 6.92 Å². The average Bonchev–Trinajstić information content (AvgIpc) is 2.13. The van der Waals surface area contributed by atoms with E-state index in [9.17, 15) is 44.3 Å². The zero-order chi connectivity index (χ0) is 15.9. The van der Waals surface area contributed by atoms with E-state index in [1.807, 2.05) is 0 Å². The van der Waals surface area contributed by atoms with Gasteiger partial charge in [-0.2, -0.15) is 39.5 Å². The van der Waals surface area contributed by atoms with Crippen LogP contribution in [0.2, 0.25) is 0 Å². The lowest BCUT2D eigenvalue weighted by Crippen LogP contribution is -2.64. The molecular weight excluding hydrogens is 299 g/mol. The summed E-state index contributed by atoms with van der Waals surface area (Å²) in [4.78, 5) is 10.6. The number of rotatable bonds is 3. The van der Waals surface area contributed by atoms with Crippen LogP contribution in [0.15, 0.2) is 12.2 Å². The van der Waals surface area contributed by atoms with Gasteiger partial charge in [0.15, 0.2) is 0 Å². The molecule has 0 amide bonds. The molecule has 0 radical (unpaired) electrons. The molecule has 0 aromatic carbocycles. The van der Waals surface area contributed by atoms with Gasteiger partial charge < -0.3 is 4.74 Å². The molecule has 0 bridgehead atoms. The fourth-order valence-corrected chi connectivity index (χ4v) is 0.697. The first-order valence-corrected chi connectivity index (χ1v) is 4.17. The zero-order valence-electron chi connectivity index (χ0n) is 8.93. The predicted octanol–water partition coefficient (Wildman–Crippen LogP) is 3.53. The van der Waals surface area contributed by atoms with Crippen molar-refractivity contribution in [3.8, 4) is 0 Å². The van der Waals surface area contributed by atoms with Crippen molar-refractivity contribution in [2.45, 2.75) is 31.1 Å². The van der Waals surface area contributed by atoms with Crippen molar-refractivity contribution in [2.24, 2.45) is 0 Å². The Morgan fingerprint density at radius 3 is 1.47 bits per heavy atom. The third-order valence-corrected chi connectivity index (χ3v) is 1.71. The Hall–Kier alpha value is -1.42. The summed E-state index contributed by atoms with van der Waals surface area (Å²) in [5, 5.41) is 0. The van der Waals surface area contributed by atoms with Crippen molar-refractivity contribution in [1.82, 2.24) is 0 Å². The van der Waals surface area contributed by atoms with E-state index in [1.165, 1.54) is 0 Å². The Morgan fingerprint density at radius 1 is 0.895 bits per heavy atom. The summed E-state index contributed by atoms with van der Waals surface area (Å²) in [5.41, 5.74) is -0.996. The molecule has 2 nitrogen and oxygen atoms in total. The quantitative estimate of drug-likeness (QED) is 0.453. The van der Waals surface area contributed by atoms with E-state index in [1.54, 1.807) is 0 Å². The highest BCUT2D eigenvalue weighted by Crippen LogP contribution is 2.53. The summed E-state index contributed by atoms with van der Waals surface area (Å²) in [6.07, 6.45) is -13.7. The van der Waals surface area contributed by atoms with Crippen LogP contribution in [0.4, 0.5) is 39.5 Å². The van der Waals surface area contributed by atoms with Crippen LogP contribution >= 0.6 is 0 Å². The summed E-state index contributed by atoms with van der Waals surface area (Å²) >= 11 is 0. The van der Waals surface area contributed by atoms with Crippen molar-refractivity contribution in [3.05, 3.63) is 12.2 Å². The predicted molar refractivity (Wildman–Crippen MR) is 41.8 cm³/mol. The number of halogens is 9. The Morgan fingerprint density at radius 2 is 1.26 bits per heavy atom.